The first-order valence-electron chi connectivity index (χ1n) is 7.40. The Labute approximate surface area is 124 Å². The fourth-order valence-corrected chi connectivity index (χ4v) is 3.40. The lowest BCUT2D eigenvalue weighted by Gasteiger charge is -2.04. The zero-order chi connectivity index (χ0) is 14.8. The van der Waals surface area contributed by atoms with Gasteiger partial charge in [0.05, 0.1) is 13.3 Å². The number of hydrogen-bond acceptors (Lipinski definition) is 4. The maximum Gasteiger partial charge on any atom is 0.243 e. The van der Waals surface area contributed by atoms with Gasteiger partial charge >= 0.3 is 0 Å². The van der Waals surface area contributed by atoms with Gasteiger partial charge in [-0.05, 0) is 48.4 Å². The molecule has 5 heteroatoms. The van der Waals surface area contributed by atoms with E-state index in [1.54, 1.807) is 18.3 Å². The molecule has 0 radical (unpaired) electrons. The molecule has 3 atom stereocenters. The monoisotopic (exact) mass is 288 g/mol. The normalized spacial score (nSPS) is 27.2. The minimum Gasteiger partial charge on any atom is -0.504 e. The van der Waals surface area contributed by atoms with Gasteiger partial charge in [0, 0.05) is 5.92 Å². The fourth-order valence-electron chi connectivity index (χ4n) is 3.40. The minimum atomic E-state index is 0.0360. The Morgan fingerprint density at radius 3 is 2.76 bits per heavy atom. The summed E-state index contributed by atoms with van der Waals surface area (Å²) in [4.78, 5) is 12.0. The van der Waals surface area contributed by atoms with Crippen molar-refractivity contribution in [2.24, 2.45) is 22.9 Å². The van der Waals surface area contributed by atoms with Crippen LogP contribution >= 0.6 is 0 Å². The highest BCUT2D eigenvalue weighted by molar-refractivity contribution is 5.85. The molecule has 0 aliphatic heterocycles. The number of fused-ring (bicyclic) bond motifs is 1. The van der Waals surface area contributed by atoms with Gasteiger partial charge in [0.2, 0.25) is 5.91 Å². The van der Waals surface area contributed by atoms with Crippen molar-refractivity contribution in [1.29, 1.82) is 0 Å². The number of methoxy groups -OCH3 is 1. The molecule has 0 heterocycles. The van der Waals surface area contributed by atoms with Crippen LogP contribution in [-0.2, 0) is 4.79 Å². The summed E-state index contributed by atoms with van der Waals surface area (Å²) >= 11 is 0. The molecule has 0 spiro atoms. The lowest BCUT2D eigenvalue weighted by molar-refractivity contribution is -0.122. The van der Waals surface area contributed by atoms with Crippen molar-refractivity contribution in [3.63, 3.8) is 0 Å². The number of carbonyl (C=O) groups excluding carboxylic acids is 1. The summed E-state index contributed by atoms with van der Waals surface area (Å²) in [5, 5.41) is 13.5. The van der Waals surface area contributed by atoms with E-state index in [0.717, 1.165) is 5.56 Å². The van der Waals surface area contributed by atoms with Crippen LogP contribution in [0.25, 0.3) is 0 Å². The standard InChI is InChI=1S/C16H20N2O3/c1-21-14-8-10(6-7-13(14)19)9-17-18-16(20)15-11-4-2-3-5-12(11)15/h6-9,11-12,15,19H,2-5H2,1H3,(H,18,20)/b17-9+/t11-,12+,15?. The molecule has 1 aromatic rings. The molecule has 2 fully saturated rings. The van der Waals surface area contributed by atoms with Crippen molar-refractivity contribution in [2.45, 2.75) is 25.7 Å². The van der Waals surface area contributed by atoms with E-state index in [2.05, 4.69) is 10.5 Å². The number of rotatable bonds is 4. The van der Waals surface area contributed by atoms with Gasteiger partial charge in [0.15, 0.2) is 11.5 Å². The lowest BCUT2D eigenvalue weighted by atomic mass is 10.0. The molecule has 2 saturated carbocycles. The van der Waals surface area contributed by atoms with Crippen LogP contribution in [-0.4, -0.2) is 24.3 Å². The largest absolute Gasteiger partial charge is 0.504 e. The summed E-state index contributed by atoms with van der Waals surface area (Å²) in [6, 6.07) is 4.92. The van der Waals surface area contributed by atoms with E-state index in [9.17, 15) is 9.90 Å². The van der Waals surface area contributed by atoms with Crippen molar-refractivity contribution >= 4 is 12.1 Å². The smallest absolute Gasteiger partial charge is 0.243 e. The van der Waals surface area contributed by atoms with Crippen LogP contribution in [0.1, 0.15) is 31.2 Å². The highest BCUT2D eigenvalue weighted by Crippen LogP contribution is 2.55. The zero-order valence-corrected chi connectivity index (χ0v) is 12.1. The average Bonchev–Trinajstić information content (AvgIpc) is 3.23. The number of carbonyl (C=O) groups is 1. The Kier molecular flexibility index (Phi) is 3.82. The highest BCUT2D eigenvalue weighted by Gasteiger charge is 2.54. The number of aromatic hydroxyl groups is 1. The summed E-state index contributed by atoms with van der Waals surface area (Å²) < 4.78 is 5.03. The molecular weight excluding hydrogens is 268 g/mol. The van der Waals surface area contributed by atoms with E-state index < -0.39 is 0 Å². The second kappa shape index (κ2) is 5.76. The van der Waals surface area contributed by atoms with E-state index in [0.29, 0.717) is 17.6 Å². The number of phenols is 1. The van der Waals surface area contributed by atoms with Crippen LogP contribution in [0.15, 0.2) is 23.3 Å². The first-order chi connectivity index (χ1) is 10.2. The van der Waals surface area contributed by atoms with Gasteiger partial charge in [-0.25, -0.2) is 5.43 Å². The second-order valence-electron chi connectivity index (χ2n) is 5.80. The molecule has 2 N–H and O–H groups in total. The Hall–Kier alpha value is -2.04. The van der Waals surface area contributed by atoms with E-state index >= 15 is 0 Å². The summed E-state index contributed by atoms with van der Waals surface area (Å²) in [5.74, 6) is 1.84. The van der Waals surface area contributed by atoms with Crippen molar-refractivity contribution in [3.8, 4) is 11.5 Å². The van der Waals surface area contributed by atoms with Gasteiger partial charge in [0.1, 0.15) is 0 Å². The molecule has 3 rings (SSSR count). The zero-order valence-electron chi connectivity index (χ0n) is 12.1. The Balaban J connectivity index is 1.56. The maximum absolute atomic E-state index is 12.0. The molecule has 1 unspecified atom stereocenters. The molecule has 0 saturated heterocycles. The third kappa shape index (κ3) is 2.86. The Morgan fingerprint density at radius 2 is 2.10 bits per heavy atom. The third-order valence-electron chi connectivity index (χ3n) is 4.55. The number of hydrazone groups is 1. The number of benzene rings is 1. The van der Waals surface area contributed by atoms with Crippen LogP contribution in [0.5, 0.6) is 11.5 Å². The van der Waals surface area contributed by atoms with Crippen LogP contribution in [0.3, 0.4) is 0 Å². The van der Waals surface area contributed by atoms with E-state index in [1.165, 1.54) is 38.9 Å². The van der Waals surface area contributed by atoms with Crippen LogP contribution in [0.4, 0.5) is 0 Å². The SMILES string of the molecule is COc1cc(/C=N/NC(=O)C2[C@H]3CCCC[C@@H]23)ccc1O. The first-order valence-corrected chi connectivity index (χ1v) is 7.40. The summed E-state index contributed by atoms with van der Waals surface area (Å²) in [6.07, 6.45) is 6.43. The second-order valence-corrected chi connectivity index (χ2v) is 5.80. The molecular formula is C16H20N2O3. The van der Waals surface area contributed by atoms with Crippen LogP contribution in [0.2, 0.25) is 0 Å². The van der Waals surface area contributed by atoms with E-state index in [-0.39, 0.29) is 17.6 Å². The topological polar surface area (TPSA) is 70.9 Å². The van der Waals surface area contributed by atoms with Gasteiger partial charge < -0.3 is 9.84 Å². The molecule has 0 aromatic heterocycles. The highest BCUT2D eigenvalue weighted by atomic mass is 16.5. The Bertz CT molecular complexity index is 559. The van der Waals surface area contributed by atoms with Gasteiger partial charge in [-0.1, -0.05) is 12.8 Å². The van der Waals surface area contributed by atoms with Gasteiger partial charge in [0.25, 0.3) is 0 Å². The molecule has 21 heavy (non-hydrogen) atoms. The quantitative estimate of drug-likeness (QED) is 0.659. The molecule has 0 bridgehead atoms. The lowest BCUT2D eigenvalue weighted by Crippen LogP contribution is -2.20. The predicted molar refractivity (Wildman–Crippen MR) is 79.3 cm³/mol. The van der Waals surface area contributed by atoms with Gasteiger partial charge in [-0.3, -0.25) is 4.79 Å². The average molecular weight is 288 g/mol. The van der Waals surface area contributed by atoms with Crippen molar-refractivity contribution in [2.75, 3.05) is 7.11 Å². The molecule has 1 amide bonds. The van der Waals surface area contributed by atoms with Crippen molar-refractivity contribution in [3.05, 3.63) is 23.8 Å². The molecule has 2 aliphatic rings. The van der Waals surface area contributed by atoms with E-state index in [4.69, 9.17) is 4.74 Å². The molecule has 2 aliphatic carbocycles. The number of phenolic OH excluding ortho intramolecular Hbond substituents is 1. The van der Waals surface area contributed by atoms with Crippen molar-refractivity contribution < 1.29 is 14.6 Å². The maximum atomic E-state index is 12.0. The predicted octanol–water partition coefficient (Wildman–Crippen LogP) is 2.29. The number of hydrogen-bond donors (Lipinski definition) is 2. The number of nitrogens with zero attached hydrogens (tertiary/aromatic N) is 1. The van der Waals surface area contributed by atoms with Crippen LogP contribution in [0, 0.1) is 17.8 Å². The summed E-state index contributed by atoms with van der Waals surface area (Å²) in [5.41, 5.74) is 3.39. The van der Waals surface area contributed by atoms with Gasteiger partial charge in [-0.15, -0.1) is 0 Å². The third-order valence-corrected chi connectivity index (χ3v) is 4.55. The summed E-state index contributed by atoms with van der Waals surface area (Å²) in [6.45, 7) is 0. The fraction of sp³-hybridized carbons (Fsp3) is 0.500. The van der Waals surface area contributed by atoms with Crippen LogP contribution < -0.4 is 10.2 Å². The van der Waals surface area contributed by atoms with Gasteiger partial charge in [-0.2, -0.15) is 5.10 Å². The van der Waals surface area contributed by atoms with Crippen molar-refractivity contribution in [1.82, 2.24) is 5.43 Å². The molecule has 112 valence electrons. The summed E-state index contributed by atoms with van der Waals surface area (Å²) in [7, 11) is 1.49. The molecule has 1 aromatic carbocycles. The first kappa shape index (κ1) is 13.9. The number of ether oxygens (including phenoxy) is 1. The number of amides is 1. The minimum absolute atomic E-state index is 0.0360. The molecule has 5 nitrogen and oxygen atoms in total. The number of nitrogens with one attached hydrogen (secondary N) is 1. The van der Waals surface area contributed by atoms with E-state index in [1.807, 2.05) is 0 Å². The Morgan fingerprint density at radius 1 is 1.38 bits per heavy atom.